The number of carbonyl (C=O) groups is 4. The molecule has 0 aliphatic carbocycles. The Balaban J connectivity index is 5.20. The summed E-state index contributed by atoms with van der Waals surface area (Å²) >= 11 is 0. The highest BCUT2D eigenvalue weighted by molar-refractivity contribution is 7.47. The van der Waals surface area contributed by atoms with Crippen molar-refractivity contribution in [1.29, 1.82) is 0 Å². The molecule has 0 rings (SSSR count). The number of phosphoric acid groups is 2. The first-order chi connectivity index (χ1) is 46.8. The van der Waals surface area contributed by atoms with Gasteiger partial charge in [0.1, 0.15) is 19.3 Å². The Hall–Kier alpha value is -1.94. The zero-order chi connectivity index (χ0) is 71.6. The fraction of sp³-hybridized carbons (Fsp3) is 0.949. The number of phosphoric ester groups is 2. The summed E-state index contributed by atoms with van der Waals surface area (Å²) in [4.78, 5) is 72.8. The monoisotopic (exact) mass is 1420 g/mol. The van der Waals surface area contributed by atoms with E-state index in [1.165, 1.54) is 212 Å². The summed E-state index contributed by atoms with van der Waals surface area (Å²) in [7, 11) is -9.91. The van der Waals surface area contributed by atoms with Crippen molar-refractivity contribution in [3.8, 4) is 0 Å². The van der Waals surface area contributed by atoms with Crippen molar-refractivity contribution >= 4 is 39.5 Å². The first kappa shape index (κ1) is 95.1. The number of carbonyl (C=O) groups excluding carboxylic acids is 4. The minimum absolute atomic E-state index is 0.103. The van der Waals surface area contributed by atoms with Crippen LogP contribution in [-0.2, 0) is 65.4 Å². The van der Waals surface area contributed by atoms with Gasteiger partial charge in [-0.15, -0.1) is 0 Å². The van der Waals surface area contributed by atoms with Crippen molar-refractivity contribution < 1.29 is 80.2 Å². The molecule has 0 amide bonds. The van der Waals surface area contributed by atoms with Crippen LogP contribution in [0.5, 0.6) is 0 Å². The Morgan fingerprint density at radius 3 is 0.784 bits per heavy atom. The zero-order valence-corrected chi connectivity index (χ0v) is 65.3. The Bertz CT molecular complexity index is 1890. The predicted molar refractivity (Wildman–Crippen MR) is 395 cm³/mol. The van der Waals surface area contributed by atoms with Crippen LogP contribution in [0.3, 0.4) is 0 Å². The van der Waals surface area contributed by atoms with Gasteiger partial charge in [-0.3, -0.25) is 37.3 Å². The van der Waals surface area contributed by atoms with Gasteiger partial charge < -0.3 is 33.8 Å². The largest absolute Gasteiger partial charge is 0.472 e. The van der Waals surface area contributed by atoms with Gasteiger partial charge in [0, 0.05) is 25.7 Å². The van der Waals surface area contributed by atoms with Gasteiger partial charge in [0.15, 0.2) is 12.2 Å². The molecule has 19 heteroatoms. The molecule has 6 atom stereocenters. The molecule has 0 radical (unpaired) electrons. The zero-order valence-electron chi connectivity index (χ0n) is 63.5. The maximum absolute atomic E-state index is 13.1. The molecule has 0 bridgehead atoms. The van der Waals surface area contributed by atoms with Crippen LogP contribution in [0.4, 0.5) is 0 Å². The fourth-order valence-corrected chi connectivity index (χ4v) is 13.5. The number of aliphatic hydroxyl groups is 1. The average Bonchev–Trinajstić information content (AvgIpc) is 1.10. The summed E-state index contributed by atoms with van der Waals surface area (Å²) in [5, 5.41) is 10.6. The molecule has 3 N–H and O–H groups in total. The van der Waals surface area contributed by atoms with Gasteiger partial charge in [-0.25, -0.2) is 9.13 Å². The second kappa shape index (κ2) is 68.5. The molecule has 0 aliphatic heterocycles. The molecule has 97 heavy (non-hydrogen) atoms. The number of hydrogen-bond acceptors (Lipinski definition) is 15. The second-order valence-electron chi connectivity index (χ2n) is 29.3. The van der Waals surface area contributed by atoms with Crippen LogP contribution < -0.4 is 0 Å². The lowest BCUT2D eigenvalue weighted by atomic mass is 10.00. The van der Waals surface area contributed by atoms with Gasteiger partial charge in [-0.1, -0.05) is 350 Å². The van der Waals surface area contributed by atoms with Gasteiger partial charge in [-0.2, -0.15) is 0 Å². The lowest BCUT2D eigenvalue weighted by Gasteiger charge is -2.21. The van der Waals surface area contributed by atoms with E-state index in [2.05, 4.69) is 48.5 Å². The quantitative estimate of drug-likeness (QED) is 0.0222. The molecular formula is C78H152O17P2. The van der Waals surface area contributed by atoms with Gasteiger partial charge in [0.25, 0.3) is 0 Å². The van der Waals surface area contributed by atoms with E-state index in [0.29, 0.717) is 25.7 Å². The van der Waals surface area contributed by atoms with E-state index in [0.717, 1.165) is 108 Å². The van der Waals surface area contributed by atoms with Crippen molar-refractivity contribution in [3.63, 3.8) is 0 Å². The van der Waals surface area contributed by atoms with E-state index in [9.17, 15) is 43.2 Å². The van der Waals surface area contributed by atoms with Gasteiger partial charge >= 0.3 is 39.5 Å². The Morgan fingerprint density at radius 2 is 0.526 bits per heavy atom. The van der Waals surface area contributed by atoms with Crippen LogP contribution in [-0.4, -0.2) is 96.7 Å². The predicted octanol–water partition coefficient (Wildman–Crippen LogP) is 23.0. The number of ether oxygens (including phenoxy) is 4. The topological polar surface area (TPSA) is 237 Å². The molecule has 0 fully saturated rings. The van der Waals surface area contributed by atoms with Crippen LogP contribution in [0.25, 0.3) is 0 Å². The highest BCUT2D eigenvalue weighted by atomic mass is 31.2. The molecular weight excluding hydrogens is 1270 g/mol. The number of hydrogen-bond donors (Lipinski definition) is 3. The number of unbranched alkanes of at least 4 members (excludes halogenated alkanes) is 43. The minimum atomic E-state index is -4.96. The normalized spacial score (nSPS) is 14.3. The van der Waals surface area contributed by atoms with Crippen molar-refractivity contribution in [2.45, 2.75) is 420 Å². The van der Waals surface area contributed by atoms with Crippen molar-refractivity contribution in [2.24, 2.45) is 17.8 Å². The molecule has 0 aromatic heterocycles. The van der Waals surface area contributed by atoms with Crippen LogP contribution in [0.1, 0.15) is 402 Å². The third kappa shape index (κ3) is 70.9. The second-order valence-corrected chi connectivity index (χ2v) is 32.2. The Labute approximate surface area is 594 Å². The van der Waals surface area contributed by atoms with Crippen LogP contribution in [0.2, 0.25) is 0 Å². The number of rotatable bonds is 76. The summed E-state index contributed by atoms with van der Waals surface area (Å²) < 4.78 is 68.5. The van der Waals surface area contributed by atoms with E-state index in [1.807, 2.05) is 0 Å². The highest BCUT2D eigenvalue weighted by Crippen LogP contribution is 2.45. The standard InChI is InChI=1S/C78H152O17P2/c1-8-10-11-12-13-14-32-37-45-52-59-75(80)89-66-74(95-78(83)62-55-48-41-40-44-51-58-71(7)9-2)68-93-97(86,87)91-64-72(79)63-90-96(84,85)92-67-73(65-88-76(81)60-53-46-38-33-28-25-21-23-27-31-36-43-50-57-70(5)6)94-77(82)61-54-47-39-34-29-24-20-18-16-15-17-19-22-26-30-35-42-49-56-69(3)4/h69-74,79H,8-68H2,1-7H3,(H,84,85)(H,86,87)/t71?,72-,73-,74-/m1/s1. The number of aliphatic hydroxyl groups excluding tert-OH is 1. The summed E-state index contributed by atoms with van der Waals surface area (Å²) in [5.74, 6) is 0.213. The third-order valence-corrected chi connectivity index (χ3v) is 20.4. The van der Waals surface area contributed by atoms with E-state index < -0.39 is 97.5 Å². The Morgan fingerprint density at radius 1 is 0.299 bits per heavy atom. The smallest absolute Gasteiger partial charge is 0.462 e. The molecule has 0 aliphatic rings. The van der Waals surface area contributed by atoms with Crippen LogP contribution in [0.15, 0.2) is 0 Å². The van der Waals surface area contributed by atoms with Crippen molar-refractivity contribution in [2.75, 3.05) is 39.6 Å². The van der Waals surface area contributed by atoms with Crippen molar-refractivity contribution in [1.82, 2.24) is 0 Å². The maximum atomic E-state index is 13.1. The molecule has 0 aromatic rings. The van der Waals surface area contributed by atoms with E-state index in [4.69, 9.17) is 37.0 Å². The van der Waals surface area contributed by atoms with Gasteiger partial charge in [0.05, 0.1) is 26.4 Å². The van der Waals surface area contributed by atoms with E-state index in [1.54, 1.807) is 0 Å². The highest BCUT2D eigenvalue weighted by Gasteiger charge is 2.30. The summed E-state index contributed by atoms with van der Waals surface area (Å²) in [6.07, 6.45) is 55.6. The van der Waals surface area contributed by atoms with Gasteiger partial charge in [-0.05, 0) is 43.4 Å². The lowest BCUT2D eigenvalue weighted by molar-refractivity contribution is -0.161. The van der Waals surface area contributed by atoms with E-state index >= 15 is 0 Å². The molecule has 576 valence electrons. The molecule has 0 spiro atoms. The first-order valence-electron chi connectivity index (χ1n) is 40.4. The first-order valence-corrected chi connectivity index (χ1v) is 43.4. The summed E-state index contributed by atoms with van der Waals surface area (Å²) in [6.45, 7) is 11.9. The SMILES string of the molecule is CCCCCCCCCCCCC(=O)OC[C@H](COP(=O)(O)OC[C@H](O)COP(=O)(O)OC[C@@H](COC(=O)CCCCCCCCCCCCCCCC(C)C)OC(=O)CCCCCCCCCCCCCCCCCCCCC(C)C)OC(=O)CCCCCCCCC(C)CC. The van der Waals surface area contributed by atoms with Crippen LogP contribution in [0, 0.1) is 17.8 Å². The molecule has 0 aromatic carbocycles. The molecule has 0 heterocycles. The number of esters is 4. The minimum Gasteiger partial charge on any atom is -0.462 e. The lowest BCUT2D eigenvalue weighted by Crippen LogP contribution is -2.30. The maximum Gasteiger partial charge on any atom is 0.472 e. The average molecular weight is 1420 g/mol. The summed E-state index contributed by atoms with van der Waals surface area (Å²) in [6, 6.07) is 0. The fourth-order valence-electron chi connectivity index (χ4n) is 11.9. The Kier molecular flexibility index (Phi) is 67.1. The molecule has 3 unspecified atom stereocenters. The van der Waals surface area contributed by atoms with Crippen LogP contribution >= 0.6 is 15.6 Å². The van der Waals surface area contributed by atoms with E-state index in [-0.39, 0.29) is 25.7 Å². The van der Waals surface area contributed by atoms with Crippen molar-refractivity contribution in [3.05, 3.63) is 0 Å². The van der Waals surface area contributed by atoms with Gasteiger partial charge in [0.2, 0.25) is 0 Å². The third-order valence-electron chi connectivity index (χ3n) is 18.5. The molecule has 17 nitrogen and oxygen atoms in total. The molecule has 0 saturated heterocycles. The summed E-state index contributed by atoms with van der Waals surface area (Å²) in [5.41, 5.74) is 0. The molecule has 0 saturated carbocycles.